The SMILES string of the molecule is CC(C)(C)NS(=O)(=O)c1ccccc1/C=[N+](\[O-])C(C)(C)C. The first-order valence-corrected chi connectivity index (χ1v) is 8.26. The molecule has 6 heteroatoms. The van der Waals surface area contributed by atoms with E-state index in [1.54, 1.807) is 59.7 Å². The number of benzene rings is 1. The Bertz CT molecular complexity index is 636. The zero-order valence-corrected chi connectivity index (χ0v) is 14.3. The van der Waals surface area contributed by atoms with Crippen molar-refractivity contribution < 1.29 is 13.2 Å². The highest BCUT2D eigenvalue weighted by Crippen LogP contribution is 2.17. The molecule has 0 heterocycles. The summed E-state index contributed by atoms with van der Waals surface area (Å²) in [5, 5.41) is 12.0. The van der Waals surface area contributed by atoms with Gasteiger partial charge in [0.05, 0.1) is 10.5 Å². The lowest BCUT2D eigenvalue weighted by molar-refractivity contribution is -0.530. The highest BCUT2D eigenvalue weighted by atomic mass is 32.2. The lowest BCUT2D eigenvalue weighted by atomic mass is 10.1. The summed E-state index contributed by atoms with van der Waals surface area (Å²) < 4.78 is 28.3. The van der Waals surface area contributed by atoms with Gasteiger partial charge < -0.3 is 5.21 Å². The molecule has 0 aliphatic heterocycles. The predicted molar refractivity (Wildman–Crippen MR) is 85.1 cm³/mol. The molecular formula is C15H24N2O3S. The summed E-state index contributed by atoms with van der Waals surface area (Å²) in [5.74, 6) is 0. The first-order valence-electron chi connectivity index (χ1n) is 6.77. The Morgan fingerprint density at radius 1 is 1.10 bits per heavy atom. The monoisotopic (exact) mass is 312 g/mol. The van der Waals surface area contributed by atoms with Crippen LogP contribution in [-0.2, 0) is 10.0 Å². The number of hydrogen-bond acceptors (Lipinski definition) is 3. The first kappa shape index (κ1) is 17.7. The van der Waals surface area contributed by atoms with Gasteiger partial charge in [0, 0.05) is 26.3 Å². The van der Waals surface area contributed by atoms with Crippen LogP contribution in [0.3, 0.4) is 0 Å². The Labute approximate surface area is 127 Å². The number of nitrogens with zero attached hydrogens (tertiary/aromatic N) is 1. The quantitative estimate of drug-likeness (QED) is 0.403. The summed E-state index contributed by atoms with van der Waals surface area (Å²) in [6.45, 7) is 10.6. The van der Waals surface area contributed by atoms with Crippen LogP contribution in [0.2, 0.25) is 0 Å². The van der Waals surface area contributed by atoms with Gasteiger partial charge in [0.15, 0.2) is 11.8 Å². The van der Waals surface area contributed by atoms with Gasteiger partial charge >= 0.3 is 0 Å². The smallest absolute Gasteiger partial charge is 0.241 e. The maximum absolute atomic E-state index is 12.4. The van der Waals surface area contributed by atoms with Gasteiger partial charge in [-0.3, -0.25) is 0 Å². The maximum atomic E-state index is 12.4. The van der Waals surface area contributed by atoms with Crippen molar-refractivity contribution >= 4 is 16.2 Å². The number of hydrogen-bond donors (Lipinski definition) is 1. The fraction of sp³-hybridized carbons (Fsp3) is 0.533. The standard InChI is InChI=1S/C15H24N2O3S/c1-14(2,3)16-21(19,20)13-10-8-7-9-12(13)11-17(18)15(4,5)6/h7-11,16H,1-6H3/b17-11-. The van der Waals surface area contributed by atoms with E-state index in [1.165, 1.54) is 12.3 Å². The van der Waals surface area contributed by atoms with Gasteiger partial charge in [-0.1, -0.05) is 12.1 Å². The van der Waals surface area contributed by atoms with E-state index in [0.29, 0.717) is 5.56 Å². The van der Waals surface area contributed by atoms with Crippen LogP contribution in [0.5, 0.6) is 0 Å². The summed E-state index contributed by atoms with van der Waals surface area (Å²) in [6.07, 6.45) is 1.32. The topological polar surface area (TPSA) is 72.2 Å². The van der Waals surface area contributed by atoms with Crippen LogP contribution in [0.4, 0.5) is 0 Å². The van der Waals surface area contributed by atoms with E-state index in [0.717, 1.165) is 4.74 Å². The second-order valence-electron chi connectivity index (χ2n) is 7.02. The van der Waals surface area contributed by atoms with E-state index in [2.05, 4.69) is 4.72 Å². The van der Waals surface area contributed by atoms with Crippen molar-refractivity contribution in [2.24, 2.45) is 0 Å². The van der Waals surface area contributed by atoms with Crippen molar-refractivity contribution in [3.8, 4) is 0 Å². The molecule has 0 spiro atoms. The fourth-order valence-electron chi connectivity index (χ4n) is 1.61. The summed E-state index contributed by atoms with van der Waals surface area (Å²) >= 11 is 0. The van der Waals surface area contributed by atoms with Crippen LogP contribution in [0.25, 0.3) is 0 Å². The molecular weight excluding hydrogens is 288 g/mol. The number of rotatable bonds is 3. The van der Waals surface area contributed by atoms with Crippen molar-refractivity contribution in [3.63, 3.8) is 0 Å². The van der Waals surface area contributed by atoms with Crippen molar-refractivity contribution in [3.05, 3.63) is 35.0 Å². The van der Waals surface area contributed by atoms with E-state index in [1.807, 2.05) is 0 Å². The number of hydroxylamine groups is 1. The highest BCUT2D eigenvalue weighted by molar-refractivity contribution is 7.89. The average molecular weight is 312 g/mol. The van der Waals surface area contributed by atoms with Crippen LogP contribution in [0.1, 0.15) is 47.1 Å². The molecule has 0 saturated carbocycles. The van der Waals surface area contributed by atoms with E-state index in [4.69, 9.17) is 0 Å². The Hall–Kier alpha value is -1.40. The van der Waals surface area contributed by atoms with Gasteiger partial charge in [-0.2, -0.15) is 0 Å². The lowest BCUT2D eigenvalue weighted by Crippen LogP contribution is -2.41. The molecule has 1 aromatic rings. The molecule has 1 rings (SSSR count). The molecule has 0 fully saturated rings. The summed E-state index contributed by atoms with van der Waals surface area (Å²) in [4.78, 5) is 0.102. The predicted octanol–water partition coefficient (Wildman–Crippen LogP) is 2.49. The lowest BCUT2D eigenvalue weighted by Gasteiger charge is -2.22. The third kappa shape index (κ3) is 5.13. The molecule has 1 aromatic carbocycles. The zero-order valence-electron chi connectivity index (χ0n) is 13.5. The molecule has 0 aliphatic rings. The molecule has 118 valence electrons. The van der Waals surface area contributed by atoms with Crippen molar-refractivity contribution in [2.45, 2.75) is 57.5 Å². The molecule has 0 aliphatic carbocycles. The van der Waals surface area contributed by atoms with Gasteiger partial charge in [-0.05, 0) is 32.9 Å². The van der Waals surface area contributed by atoms with Gasteiger partial charge in [0.25, 0.3) is 0 Å². The van der Waals surface area contributed by atoms with Crippen LogP contribution in [0.15, 0.2) is 29.2 Å². The number of sulfonamides is 1. The molecule has 0 amide bonds. The molecule has 0 bridgehead atoms. The molecule has 0 saturated heterocycles. The van der Waals surface area contributed by atoms with E-state index in [-0.39, 0.29) is 4.90 Å². The summed E-state index contributed by atoms with van der Waals surface area (Å²) in [5.41, 5.74) is -0.847. The molecule has 5 nitrogen and oxygen atoms in total. The van der Waals surface area contributed by atoms with Crippen molar-refractivity contribution in [1.82, 2.24) is 4.72 Å². The Morgan fingerprint density at radius 2 is 1.62 bits per heavy atom. The molecule has 0 atom stereocenters. The summed E-state index contributed by atoms with van der Waals surface area (Å²) in [6, 6.07) is 6.46. The van der Waals surface area contributed by atoms with Crippen LogP contribution in [-0.4, -0.2) is 30.4 Å². The third-order valence-corrected chi connectivity index (χ3v) is 4.40. The van der Waals surface area contributed by atoms with Crippen molar-refractivity contribution in [2.75, 3.05) is 0 Å². The normalized spacial score (nSPS) is 14.3. The van der Waals surface area contributed by atoms with Crippen LogP contribution < -0.4 is 4.72 Å². The minimum Gasteiger partial charge on any atom is -0.623 e. The van der Waals surface area contributed by atoms with Gasteiger partial charge in [0.2, 0.25) is 10.0 Å². The molecule has 0 radical (unpaired) electrons. The average Bonchev–Trinajstić information content (AvgIpc) is 2.24. The van der Waals surface area contributed by atoms with Gasteiger partial charge in [0.1, 0.15) is 0 Å². The van der Waals surface area contributed by atoms with Crippen molar-refractivity contribution in [1.29, 1.82) is 0 Å². The first-order chi connectivity index (χ1) is 9.33. The van der Waals surface area contributed by atoms with Gasteiger partial charge in [-0.25, -0.2) is 17.9 Å². The Balaban J connectivity index is 3.35. The highest BCUT2D eigenvalue weighted by Gasteiger charge is 2.25. The Morgan fingerprint density at radius 3 is 2.10 bits per heavy atom. The molecule has 0 aromatic heterocycles. The van der Waals surface area contributed by atoms with Gasteiger partial charge in [-0.15, -0.1) is 0 Å². The van der Waals surface area contributed by atoms with Crippen LogP contribution in [0, 0.1) is 5.21 Å². The fourth-order valence-corrected chi connectivity index (χ4v) is 3.21. The minimum absolute atomic E-state index is 0.102. The van der Waals surface area contributed by atoms with E-state index < -0.39 is 21.1 Å². The molecule has 1 N–H and O–H groups in total. The van der Waals surface area contributed by atoms with E-state index in [9.17, 15) is 13.6 Å². The largest absolute Gasteiger partial charge is 0.623 e. The second-order valence-corrected chi connectivity index (χ2v) is 8.67. The second kappa shape index (κ2) is 5.77. The Kier molecular flexibility index (Phi) is 4.85. The zero-order chi connectivity index (χ0) is 16.5. The number of nitrogens with one attached hydrogen (secondary N) is 1. The maximum Gasteiger partial charge on any atom is 0.241 e. The summed E-state index contributed by atoms with van der Waals surface area (Å²) in [7, 11) is -3.69. The van der Waals surface area contributed by atoms with Crippen LogP contribution >= 0.6 is 0 Å². The molecule has 0 unspecified atom stereocenters. The van der Waals surface area contributed by atoms with E-state index >= 15 is 0 Å². The third-order valence-electron chi connectivity index (χ3n) is 2.57. The molecule has 21 heavy (non-hydrogen) atoms. The minimum atomic E-state index is -3.69.